The van der Waals surface area contributed by atoms with Crippen molar-refractivity contribution in [1.82, 2.24) is 19.4 Å². The van der Waals surface area contributed by atoms with Crippen LogP contribution in [0.2, 0.25) is 0 Å². The highest BCUT2D eigenvalue weighted by Gasteiger charge is 2.04. The Hall–Kier alpha value is -2.93. The summed E-state index contributed by atoms with van der Waals surface area (Å²) < 4.78 is 13.2. The zero-order valence-corrected chi connectivity index (χ0v) is 12.8. The summed E-state index contributed by atoms with van der Waals surface area (Å²) in [5.74, 6) is 2.14. The van der Waals surface area contributed by atoms with E-state index in [2.05, 4.69) is 15.0 Å². The van der Waals surface area contributed by atoms with Crippen LogP contribution in [0, 0.1) is 0 Å². The van der Waals surface area contributed by atoms with Crippen LogP contribution in [0.3, 0.4) is 0 Å². The zero-order chi connectivity index (χ0) is 15.5. The van der Waals surface area contributed by atoms with E-state index in [0.717, 1.165) is 17.2 Å². The Morgan fingerprint density at radius 2 is 1.91 bits per heavy atom. The average molecular weight is 324 g/mol. The molecule has 0 radical (unpaired) electrons. The molecule has 6 nitrogen and oxygen atoms in total. The summed E-state index contributed by atoms with van der Waals surface area (Å²) in [5.41, 5.74) is 0.826. The largest absolute Gasteiger partial charge is 0.487 e. The van der Waals surface area contributed by atoms with Crippen LogP contribution in [0.5, 0.6) is 16.7 Å². The Morgan fingerprint density at radius 1 is 1.04 bits per heavy atom. The van der Waals surface area contributed by atoms with Crippen molar-refractivity contribution in [1.29, 1.82) is 0 Å². The number of fused-ring (bicyclic) bond motifs is 1. The fraction of sp³-hybridized carbons (Fsp3) is 0.0625. The number of thiazole rings is 1. The molecule has 114 valence electrons. The second-order valence-corrected chi connectivity index (χ2v) is 5.58. The highest BCUT2D eigenvalue weighted by Crippen LogP contribution is 2.25. The summed E-state index contributed by atoms with van der Waals surface area (Å²) >= 11 is 1.45. The van der Waals surface area contributed by atoms with Gasteiger partial charge < -0.3 is 9.47 Å². The third-order valence-corrected chi connectivity index (χ3v) is 3.76. The van der Waals surface area contributed by atoms with E-state index in [1.54, 1.807) is 12.4 Å². The van der Waals surface area contributed by atoms with Gasteiger partial charge in [0.05, 0.1) is 5.69 Å². The number of rotatable bonds is 5. The molecule has 23 heavy (non-hydrogen) atoms. The molecule has 3 heterocycles. The molecule has 0 atom stereocenters. The van der Waals surface area contributed by atoms with Crippen molar-refractivity contribution < 1.29 is 9.47 Å². The van der Waals surface area contributed by atoms with Gasteiger partial charge >= 0.3 is 0 Å². The third kappa shape index (κ3) is 3.14. The molecule has 0 aliphatic rings. The van der Waals surface area contributed by atoms with Crippen molar-refractivity contribution in [2.45, 2.75) is 6.61 Å². The first-order chi connectivity index (χ1) is 11.4. The topological polar surface area (TPSA) is 61.5 Å². The van der Waals surface area contributed by atoms with Crippen LogP contribution in [-0.4, -0.2) is 19.4 Å². The number of hydrogen-bond acceptors (Lipinski definition) is 6. The van der Waals surface area contributed by atoms with Gasteiger partial charge in [-0.2, -0.15) is 0 Å². The van der Waals surface area contributed by atoms with Crippen molar-refractivity contribution in [3.05, 3.63) is 66.2 Å². The first-order valence-corrected chi connectivity index (χ1v) is 7.83. The molecule has 0 saturated carbocycles. The van der Waals surface area contributed by atoms with Crippen LogP contribution in [0.15, 0.2) is 60.5 Å². The zero-order valence-electron chi connectivity index (χ0n) is 12.0. The molecule has 0 unspecified atom stereocenters. The van der Waals surface area contributed by atoms with Crippen molar-refractivity contribution in [3.8, 4) is 16.7 Å². The van der Waals surface area contributed by atoms with Gasteiger partial charge in [0.1, 0.15) is 18.1 Å². The molecule has 0 bridgehead atoms. The lowest BCUT2D eigenvalue weighted by Gasteiger charge is -2.05. The summed E-state index contributed by atoms with van der Waals surface area (Å²) in [6, 6.07) is 9.28. The lowest BCUT2D eigenvalue weighted by Crippen LogP contribution is -1.95. The average Bonchev–Trinajstić information content (AvgIpc) is 3.23. The van der Waals surface area contributed by atoms with E-state index in [9.17, 15) is 0 Å². The summed E-state index contributed by atoms with van der Waals surface area (Å²) in [6.45, 7) is 0.385. The fourth-order valence-corrected chi connectivity index (χ4v) is 2.58. The van der Waals surface area contributed by atoms with Crippen LogP contribution in [-0.2, 0) is 6.61 Å². The van der Waals surface area contributed by atoms with Crippen LogP contribution in [0.4, 0.5) is 0 Å². The van der Waals surface area contributed by atoms with Crippen molar-refractivity contribution in [2.75, 3.05) is 0 Å². The first kappa shape index (κ1) is 13.7. The highest BCUT2D eigenvalue weighted by molar-refractivity contribution is 7.11. The molecule has 3 aromatic heterocycles. The maximum atomic E-state index is 5.74. The molecule has 0 aliphatic heterocycles. The standard InChI is InChI=1S/C16H12N4O2S/c1-6-17-15-19-12(10-20(15)8-1)11-21-13-2-4-14(5-3-13)22-16-18-7-9-23-16/h1-10H,11H2. The Bertz CT molecular complexity index is 870. The lowest BCUT2D eigenvalue weighted by molar-refractivity contribution is 0.301. The van der Waals surface area contributed by atoms with Gasteiger partial charge in [0.15, 0.2) is 0 Å². The molecule has 4 aromatic rings. The number of imidazole rings is 1. The highest BCUT2D eigenvalue weighted by atomic mass is 32.1. The first-order valence-electron chi connectivity index (χ1n) is 6.96. The molecular weight excluding hydrogens is 312 g/mol. The Kier molecular flexibility index (Phi) is 3.61. The molecule has 0 amide bonds. The third-order valence-electron chi connectivity index (χ3n) is 3.11. The summed E-state index contributed by atoms with van der Waals surface area (Å²) in [5, 5.41) is 2.49. The van der Waals surface area contributed by atoms with Gasteiger partial charge in [0, 0.05) is 30.2 Å². The summed E-state index contributed by atoms with van der Waals surface area (Å²) in [7, 11) is 0. The van der Waals surface area contributed by atoms with E-state index in [4.69, 9.17) is 9.47 Å². The van der Waals surface area contributed by atoms with Crippen LogP contribution >= 0.6 is 11.3 Å². The Balaban J connectivity index is 1.40. The van der Waals surface area contributed by atoms with E-state index in [1.807, 2.05) is 52.5 Å². The molecule has 0 N–H and O–H groups in total. The SMILES string of the molecule is c1cnc2nc(COc3ccc(Oc4nccs4)cc3)cn2c1. The van der Waals surface area contributed by atoms with E-state index >= 15 is 0 Å². The van der Waals surface area contributed by atoms with E-state index in [0.29, 0.717) is 17.6 Å². The minimum absolute atomic E-state index is 0.385. The second-order valence-electron chi connectivity index (χ2n) is 4.72. The van der Waals surface area contributed by atoms with Gasteiger partial charge in [-0.3, -0.25) is 4.40 Å². The minimum atomic E-state index is 0.385. The number of benzene rings is 1. The predicted molar refractivity (Wildman–Crippen MR) is 85.9 cm³/mol. The summed E-state index contributed by atoms with van der Waals surface area (Å²) in [6.07, 6.45) is 7.24. The minimum Gasteiger partial charge on any atom is -0.487 e. The molecule has 0 spiro atoms. The maximum absolute atomic E-state index is 5.74. The van der Waals surface area contributed by atoms with Gasteiger partial charge in [0.25, 0.3) is 5.19 Å². The number of hydrogen-bond donors (Lipinski definition) is 0. The predicted octanol–water partition coefficient (Wildman–Crippen LogP) is 3.56. The van der Waals surface area contributed by atoms with E-state index in [-0.39, 0.29) is 0 Å². The normalized spacial score (nSPS) is 10.8. The van der Waals surface area contributed by atoms with E-state index in [1.165, 1.54) is 11.3 Å². The number of aromatic nitrogens is 4. The maximum Gasteiger partial charge on any atom is 0.278 e. The van der Waals surface area contributed by atoms with Gasteiger partial charge in [0.2, 0.25) is 5.78 Å². The van der Waals surface area contributed by atoms with E-state index < -0.39 is 0 Å². The molecule has 7 heteroatoms. The van der Waals surface area contributed by atoms with Gasteiger partial charge in [-0.15, -0.1) is 0 Å². The van der Waals surface area contributed by atoms with Crippen LogP contribution in [0.1, 0.15) is 5.69 Å². The Morgan fingerprint density at radius 3 is 2.70 bits per heavy atom. The van der Waals surface area contributed by atoms with Gasteiger partial charge in [-0.1, -0.05) is 11.3 Å². The smallest absolute Gasteiger partial charge is 0.278 e. The number of ether oxygens (including phenoxy) is 2. The number of nitrogens with zero attached hydrogens (tertiary/aromatic N) is 4. The molecule has 1 aromatic carbocycles. The molecule has 0 saturated heterocycles. The molecule has 0 aliphatic carbocycles. The van der Waals surface area contributed by atoms with Gasteiger partial charge in [-0.25, -0.2) is 15.0 Å². The molecule has 4 rings (SSSR count). The second kappa shape index (κ2) is 6.05. The molecule has 0 fully saturated rings. The van der Waals surface area contributed by atoms with Crippen LogP contribution < -0.4 is 9.47 Å². The van der Waals surface area contributed by atoms with Gasteiger partial charge in [-0.05, 0) is 30.3 Å². The van der Waals surface area contributed by atoms with Crippen molar-refractivity contribution in [3.63, 3.8) is 0 Å². The Labute approximate surface area is 136 Å². The van der Waals surface area contributed by atoms with Crippen molar-refractivity contribution in [2.24, 2.45) is 0 Å². The fourth-order valence-electron chi connectivity index (χ4n) is 2.07. The van der Waals surface area contributed by atoms with Crippen molar-refractivity contribution >= 4 is 17.1 Å². The van der Waals surface area contributed by atoms with Crippen LogP contribution in [0.25, 0.3) is 5.78 Å². The molecular formula is C16H12N4O2S. The lowest BCUT2D eigenvalue weighted by atomic mass is 10.3. The summed E-state index contributed by atoms with van der Waals surface area (Å²) in [4.78, 5) is 12.6. The monoisotopic (exact) mass is 324 g/mol. The quantitative estimate of drug-likeness (QED) is 0.562.